The molecule has 0 spiro atoms. The molecular formula is C10H15NO. The zero-order chi connectivity index (χ0) is 8.55. The second-order valence-corrected chi connectivity index (χ2v) is 3.76. The van der Waals surface area contributed by atoms with Crippen LogP contribution in [0.25, 0.3) is 0 Å². The first-order valence-corrected chi connectivity index (χ1v) is 4.75. The van der Waals surface area contributed by atoms with E-state index in [0.717, 1.165) is 6.54 Å². The summed E-state index contributed by atoms with van der Waals surface area (Å²) in [6.07, 6.45) is 3.79. The highest BCUT2D eigenvalue weighted by Crippen LogP contribution is 2.32. The van der Waals surface area contributed by atoms with Gasteiger partial charge in [-0.05, 0) is 30.5 Å². The predicted octanol–water partition coefficient (Wildman–Crippen LogP) is 1.23. The number of hydrogen-bond acceptors (Lipinski definition) is 2. The van der Waals surface area contributed by atoms with Gasteiger partial charge in [0.15, 0.2) is 5.78 Å². The first kappa shape index (κ1) is 7.99. The number of fused-ring (bicyclic) bond motifs is 2. The summed E-state index contributed by atoms with van der Waals surface area (Å²) in [6, 6.07) is 0. The van der Waals surface area contributed by atoms with Gasteiger partial charge in [0, 0.05) is 19.5 Å². The maximum Gasteiger partial charge on any atom is 0.155 e. The van der Waals surface area contributed by atoms with Crippen molar-refractivity contribution in [2.24, 2.45) is 5.92 Å². The molecule has 0 aromatic carbocycles. The van der Waals surface area contributed by atoms with Crippen LogP contribution in [0.1, 0.15) is 19.8 Å². The zero-order valence-corrected chi connectivity index (χ0v) is 7.55. The molecule has 2 heteroatoms. The number of carbonyl (C=O) groups excluding carboxylic acids is 1. The second kappa shape index (κ2) is 3.02. The van der Waals surface area contributed by atoms with E-state index in [1.807, 2.05) is 13.0 Å². The molecule has 2 saturated heterocycles. The fraction of sp³-hybridized carbons (Fsp3) is 0.700. The minimum Gasteiger partial charge on any atom is -0.299 e. The summed E-state index contributed by atoms with van der Waals surface area (Å²) in [5, 5.41) is 0. The third-order valence-corrected chi connectivity index (χ3v) is 2.90. The van der Waals surface area contributed by atoms with Crippen LogP contribution in [0.2, 0.25) is 0 Å². The van der Waals surface area contributed by atoms with Crippen molar-refractivity contribution in [2.75, 3.05) is 19.6 Å². The minimum absolute atomic E-state index is 0.291. The van der Waals surface area contributed by atoms with Gasteiger partial charge in [0.1, 0.15) is 0 Å². The van der Waals surface area contributed by atoms with Gasteiger partial charge in [-0.25, -0.2) is 0 Å². The molecule has 2 aliphatic rings. The van der Waals surface area contributed by atoms with Crippen molar-refractivity contribution in [1.82, 2.24) is 4.90 Å². The highest BCUT2D eigenvalue weighted by molar-refractivity contribution is 5.90. The lowest BCUT2D eigenvalue weighted by atomic mass is 9.98. The number of hydrogen-bond donors (Lipinski definition) is 0. The molecule has 0 radical (unpaired) electrons. The topological polar surface area (TPSA) is 20.3 Å². The summed E-state index contributed by atoms with van der Waals surface area (Å²) in [6.45, 7) is 5.41. The van der Waals surface area contributed by atoms with Crippen LogP contribution in [-0.4, -0.2) is 30.3 Å². The lowest BCUT2D eigenvalue weighted by molar-refractivity contribution is -0.114. The molecule has 2 fully saturated rings. The largest absolute Gasteiger partial charge is 0.299 e. The van der Waals surface area contributed by atoms with Crippen molar-refractivity contribution < 1.29 is 4.79 Å². The van der Waals surface area contributed by atoms with E-state index in [2.05, 4.69) is 4.90 Å². The summed E-state index contributed by atoms with van der Waals surface area (Å²) in [4.78, 5) is 13.6. The smallest absolute Gasteiger partial charge is 0.155 e. The molecule has 2 bridgehead atoms. The van der Waals surface area contributed by atoms with E-state index in [0.29, 0.717) is 18.1 Å². The molecule has 0 N–H and O–H groups in total. The number of nitrogens with zero attached hydrogens (tertiary/aromatic N) is 1. The van der Waals surface area contributed by atoms with E-state index in [9.17, 15) is 4.79 Å². The van der Waals surface area contributed by atoms with Gasteiger partial charge in [-0.3, -0.25) is 9.69 Å². The summed E-state index contributed by atoms with van der Waals surface area (Å²) in [5.41, 5.74) is 1.38. The van der Waals surface area contributed by atoms with E-state index in [1.54, 1.807) is 0 Å². The number of rotatable bonds is 2. The Kier molecular flexibility index (Phi) is 2.01. The van der Waals surface area contributed by atoms with Gasteiger partial charge < -0.3 is 0 Å². The summed E-state index contributed by atoms with van der Waals surface area (Å²) in [7, 11) is 0. The summed E-state index contributed by atoms with van der Waals surface area (Å²) >= 11 is 0. The summed E-state index contributed by atoms with van der Waals surface area (Å²) in [5.74, 6) is 0.999. The van der Waals surface area contributed by atoms with Gasteiger partial charge >= 0.3 is 0 Å². The summed E-state index contributed by atoms with van der Waals surface area (Å²) < 4.78 is 0. The minimum atomic E-state index is 0.291. The van der Waals surface area contributed by atoms with Crippen molar-refractivity contribution >= 4 is 5.78 Å². The van der Waals surface area contributed by atoms with E-state index in [4.69, 9.17) is 0 Å². The average Bonchev–Trinajstić information content (AvgIpc) is 2.64. The number of ketones is 1. The molecule has 0 amide bonds. The number of allylic oxidation sites excluding steroid dienone is 1. The van der Waals surface area contributed by atoms with Crippen LogP contribution in [0, 0.1) is 5.92 Å². The van der Waals surface area contributed by atoms with Crippen molar-refractivity contribution in [3.8, 4) is 0 Å². The molecule has 66 valence electrons. The lowest BCUT2D eigenvalue weighted by Gasteiger charge is -2.13. The quantitative estimate of drug-likeness (QED) is 0.573. The predicted molar refractivity (Wildman–Crippen MR) is 47.9 cm³/mol. The third-order valence-electron chi connectivity index (χ3n) is 2.90. The molecule has 2 rings (SSSR count). The fourth-order valence-electron chi connectivity index (χ4n) is 2.14. The highest BCUT2D eigenvalue weighted by atomic mass is 16.1. The molecule has 2 atom stereocenters. The molecule has 0 aromatic rings. The Balaban J connectivity index is 2.06. The molecule has 2 aliphatic heterocycles. The Morgan fingerprint density at radius 1 is 1.75 bits per heavy atom. The molecule has 0 saturated carbocycles. The molecule has 12 heavy (non-hydrogen) atoms. The van der Waals surface area contributed by atoms with Gasteiger partial charge in [-0.1, -0.05) is 6.92 Å². The Morgan fingerprint density at radius 3 is 3.08 bits per heavy atom. The average molecular weight is 165 g/mol. The van der Waals surface area contributed by atoms with Crippen LogP contribution < -0.4 is 0 Å². The molecule has 2 unspecified atom stereocenters. The highest BCUT2D eigenvalue weighted by Gasteiger charge is 2.33. The van der Waals surface area contributed by atoms with Gasteiger partial charge in [0.05, 0.1) is 0 Å². The van der Waals surface area contributed by atoms with E-state index in [1.165, 1.54) is 25.1 Å². The van der Waals surface area contributed by atoms with Gasteiger partial charge in [-0.15, -0.1) is 0 Å². The molecular weight excluding hydrogens is 150 g/mol. The van der Waals surface area contributed by atoms with Gasteiger partial charge in [0.2, 0.25) is 0 Å². The van der Waals surface area contributed by atoms with Crippen molar-refractivity contribution in [2.45, 2.75) is 19.8 Å². The van der Waals surface area contributed by atoms with Crippen LogP contribution in [0.5, 0.6) is 0 Å². The molecule has 0 aliphatic carbocycles. The lowest BCUT2D eigenvalue weighted by Crippen LogP contribution is -2.18. The molecule has 2 heterocycles. The van der Waals surface area contributed by atoms with Crippen molar-refractivity contribution in [3.63, 3.8) is 0 Å². The first-order chi connectivity index (χ1) is 5.79. The standard InChI is InChI=1S/C10H15NO/c1-2-10(12)5-9-7-11-4-3-8(9)6-11/h5,8H,2-4,6-7H2,1H3/b9-5-. The van der Waals surface area contributed by atoms with Crippen LogP contribution in [0.3, 0.4) is 0 Å². The normalized spacial score (nSPS) is 36.2. The zero-order valence-electron chi connectivity index (χ0n) is 7.55. The Hall–Kier alpha value is -0.630. The van der Waals surface area contributed by atoms with Crippen LogP contribution in [0.4, 0.5) is 0 Å². The first-order valence-electron chi connectivity index (χ1n) is 4.75. The SMILES string of the molecule is CCC(=O)/C=C1/CN2CCC1C2. The van der Waals surface area contributed by atoms with Crippen LogP contribution >= 0.6 is 0 Å². The fourth-order valence-corrected chi connectivity index (χ4v) is 2.14. The maximum atomic E-state index is 11.1. The monoisotopic (exact) mass is 165 g/mol. The van der Waals surface area contributed by atoms with Crippen molar-refractivity contribution in [3.05, 3.63) is 11.6 Å². The van der Waals surface area contributed by atoms with Crippen LogP contribution in [0.15, 0.2) is 11.6 Å². The third kappa shape index (κ3) is 1.31. The number of carbonyl (C=O) groups is 1. The molecule has 0 aromatic heterocycles. The van der Waals surface area contributed by atoms with E-state index >= 15 is 0 Å². The van der Waals surface area contributed by atoms with Crippen LogP contribution in [-0.2, 0) is 4.79 Å². The second-order valence-electron chi connectivity index (χ2n) is 3.76. The Bertz CT molecular complexity index is 232. The Morgan fingerprint density at radius 2 is 2.58 bits per heavy atom. The van der Waals surface area contributed by atoms with Gasteiger partial charge in [0.25, 0.3) is 0 Å². The van der Waals surface area contributed by atoms with Crippen molar-refractivity contribution in [1.29, 1.82) is 0 Å². The Labute approximate surface area is 73.2 Å². The van der Waals surface area contributed by atoms with E-state index < -0.39 is 0 Å². The molecule has 2 nitrogen and oxygen atoms in total. The maximum absolute atomic E-state index is 11.1. The van der Waals surface area contributed by atoms with Gasteiger partial charge in [-0.2, -0.15) is 0 Å². The number of piperidine rings is 1. The van der Waals surface area contributed by atoms with E-state index in [-0.39, 0.29) is 0 Å².